The number of hydrogen-bond acceptors (Lipinski definition) is 5. The fraction of sp³-hybridized carbons (Fsp3) is 0.450. The van der Waals surface area contributed by atoms with Crippen molar-refractivity contribution in [1.82, 2.24) is 15.3 Å². The summed E-state index contributed by atoms with van der Waals surface area (Å²) < 4.78 is 0. The van der Waals surface area contributed by atoms with Crippen molar-refractivity contribution in [3.63, 3.8) is 0 Å². The van der Waals surface area contributed by atoms with Crippen LogP contribution in [-0.2, 0) is 11.2 Å². The summed E-state index contributed by atoms with van der Waals surface area (Å²) in [6, 6.07) is 10.3. The molecule has 0 spiro atoms. The average molecular weight is 353 g/mol. The quantitative estimate of drug-likeness (QED) is 0.893. The Kier molecular flexibility index (Phi) is 5.71. The Balaban J connectivity index is 1.60. The zero-order valence-electron chi connectivity index (χ0n) is 15.8. The predicted molar refractivity (Wildman–Crippen MR) is 105 cm³/mol. The maximum absolute atomic E-state index is 12.4. The van der Waals surface area contributed by atoms with Crippen molar-refractivity contribution in [3.8, 4) is 0 Å². The first-order valence-electron chi connectivity index (χ1n) is 9.10. The number of piperidine rings is 1. The largest absolute Gasteiger partial charge is 0.363 e. The van der Waals surface area contributed by atoms with E-state index in [1.807, 2.05) is 50.2 Å². The third-order valence-corrected chi connectivity index (χ3v) is 4.65. The Hall–Kier alpha value is -2.63. The van der Waals surface area contributed by atoms with E-state index in [4.69, 9.17) is 0 Å². The number of carbonyl (C=O) groups excluding carboxylic acids is 1. The molecule has 1 atom stereocenters. The van der Waals surface area contributed by atoms with E-state index in [0.717, 1.165) is 43.1 Å². The van der Waals surface area contributed by atoms with Crippen LogP contribution >= 0.6 is 0 Å². The number of aromatic nitrogens is 2. The minimum atomic E-state index is 0.0825. The second kappa shape index (κ2) is 8.17. The normalized spacial score (nSPS) is 17.0. The van der Waals surface area contributed by atoms with Gasteiger partial charge < -0.3 is 15.1 Å². The van der Waals surface area contributed by atoms with Crippen molar-refractivity contribution in [3.05, 3.63) is 47.8 Å². The molecule has 6 heteroatoms. The minimum Gasteiger partial charge on any atom is -0.363 e. The van der Waals surface area contributed by atoms with Gasteiger partial charge in [0.1, 0.15) is 18.0 Å². The van der Waals surface area contributed by atoms with Crippen LogP contribution in [0.1, 0.15) is 24.0 Å². The number of hydrogen-bond donors (Lipinski definition) is 1. The van der Waals surface area contributed by atoms with Crippen LogP contribution < -0.4 is 15.1 Å². The van der Waals surface area contributed by atoms with E-state index in [9.17, 15) is 4.79 Å². The van der Waals surface area contributed by atoms with Gasteiger partial charge in [-0.15, -0.1) is 0 Å². The van der Waals surface area contributed by atoms with Gasteiger partial charge in [0.05, 0.1) is 6.42 Å². The lowest BCUT2D eigenvalue weighted by molar-refractivity contribution is -0.121. The van der Waals surface area contributed by atoms with Gasteiger partial charge in [0.2, 0.25) is 5.91 Å². The van der Waals surface area contributed by atoms with Crippen LogP contribution in [0.3, 0.4) is 0 Å². The number of carbonyl (C=O) groups is 1. The molecule has 1 fully saturated rings. The van der Waals surface area contributed by atoms with Gasteiger partial charge in [0, 0.05) is 39.3 Å². The molecule has 1 aromatic carbocycles. The standard InChI is InChI=1S/C20H27N5O/c1-15-6-4-7-16(10-15)11-20(26)23-17-8-5-9-25(13-17)19-12-18(24(2)3)21-14-22-19/h4,6-7,10,12,14,17H,5,8-9,11,13H2,1-3H3,(H,23,26)/t17-/m1/s1. The maximum Gasteiger partial charge on any atom is 0.224 e. The Morgan fingerprint density at radius 3 is 2.92 bits per heavy atom. The van der Waals surface area contributed by atoms with Crippen molar-refractivity contribution in [2.45, 2.75) is 32.2 Å². The van der Waals surface area contributed by atoms with Crippen LogP contribution in [0.2, 0.25) is 0 Å². The highest BCUT2D eigenvalue weighted by Gasteiger charge is 2.22. The Morgan fingerprint density at radius 1 is 1.31 bits per heavy atom. The fourth-order valence-corrected chi connectivity index (χ4v) is 3.34. The van der Waals surface area contributed by atoms with E-state index < -0.39 is 0 Å². The lowest BCUT2D eigenvalue weighted by Gasteiger charge is -2.34. The highest BCUT2D eigenvalue weighted by atomic mass is 16.1. The molecule has 26 heavy (non-hydrogen) atoms. The van der Waals surface area contributed by atoms with Crippen LogP contribution in [0, 0.1) is 6.92 Å². The first-order valence-corrected chi connectivity index (χ1v) is 9.10. The molecule has 2 heterocycles. The highest BCUT2D eigenvalue weighted by Crippen LogP contribution is 2.20. The third-order valence-electron chi connectivity index (χ3n) is 4.65. The molecule has 138 valence electrons. The van der Waals surface area contributed by atoms with Gasteiger partial charge in [0.15, 0.2) is 0 Å². The first kappa shape index (κ1) is 18.2. The number of nitrogens with one attached hydrogen (secondary N) is 1. The SMILES string of the molecule is Cc1cccc(CC(=O)N[C@@H]2CCCN(c3cc(N(C)C)ncn3)C2)c1. The van der Waals surface area contributed by atoms with E-state index in [1.54, 1.807) is 6.33 Å². The molecule has 1 amide bonds. The summed E-state index contributed by atoms with van der Waals surface area (Å²) in [6.45, 7) is 3.78. The molecule has 0 bridgehead atoms. The molecule has 0 aliphatic carbocycles. The van der Waals surface area contributed by atoms with Crippen LogP contribution in [0.15, 0.2) is 36.7 Å². The Labute approximate surface area is 155 Å². The van der Waals surface area contributed by atoms with E-state index in [-0.39, 0.29) is 11.9 Å². The second-order valence-electron chi connectivity index (χ2n) is 7.15. The van der Waals surface area contributed by atoms with Gasteiger partial charge in [-0.2, -0.15) is 0 Å². The minimum absolute atomic E-state index is 0.0825. The van der Waals surface area contributed by atoms with Crippen molar-refractivity contribution in [1.29, 1.82) is 0 Å². The summed E-state index contributed by atoms with van der Waals surface area (Å²) in [7, 11) is 3.94. The number of anilines is 2. The van der Waals surface area contributed by atoms with Gasteiger partial charge in [-0.1, -0.05) is 29.8 Å². The summed E-state index contributed by atoms with van der Waals surface area (Å²) in [5, 5.41) is 3.19. The molecule has 1 N–H and O–H groups in total. The lowest BCUT2D eigenvalue weighted by atomic mass is 10.0. The Morgan fingerprint density at radius 2 is 2.15 bits per heavy atom. The molecule has 1 aliphatic heterocycles. The van der Waals surface area contributed by atoms with Crippen molar-refractivity contribution < 1.29 is 4.79 Å². The molecule has 0 saturated carbocycles. The number of rotatable bonds is 5. The molecule has 2 aromatic rings. The third kappa shape index (κ3) is 4.71. The summed E-state index contributed by atoms with van der Waals surface area (Å²) in [6.07, 6.45) is 4.07. The molecular weight excluding hydrogens is 326 g/mol. The zero-order valence-corrected chi connectivity index (χ0v) is 15.8. The van der Waals surface area contributed by atoms with Gasteiger partial charge >= 0.3 is 0 Å². The average Bonchev–Trinajstić information content (AvgIpc) is 2.62. The fourth-order valence-electron chi connectivity index (χ4n) is 3.34. The molecule has 3 rings (SSSR count). The van der Waals surface area contributed by atoms with Crippen molar-refractivity contribution in [2.24, 2.45) is 0 Å². The van der Waals surface area contributed by atoms with Gasteiger partial charge in [-0.05, 0) is 25.3 Å². The molecule has 6 nitrogen and oxygen atoms in total. The van der Waals surface area contributed by atoms with E-state index in [2.05, 4.69) is 26.3 Å². The van der Waals surface area contributed by atoms with Crippen LogP contribution in [0.25, 0.3) is 0 Å². The molecular formula is C20H27N5O. The first-order chi connectivity index (χ1) is 12.5. The lowest BCUT2D eigenvalue weighted by Crippen LogP contribution is -2.48. The van der Waals surface area contributed by atoms with Crippen molar-refractivity contribution >= 4 is 17.5 Å². The second-order valence-corrected chi connectivity index (χ2v) is 7.15. The predicted octanol–water partition coefficient (Wildman–Crippen LogP) is 2.18. The molecule has 1 aliphatic rings. The zero-order chi connectivity index (χ0) is 18.5. The van der Waals surface area contributed by atoms with Crippen LogP contribution in [0.4, 0.5) is 11.6 Å². The van der Waals surface area contributed by atoms with E-state index >= 15 is 0 Å². The monoisotopic (exact) mass is 353 g/mol. The number of benzene rings is 1. The maximum atomic E-state index is 12.4. The van der Waals surface area contributed by atoms with Gasteiger partial charge in [-0.3, -0.25) is 4.79 Å². The summed E-state index contributed by atoms with van der Waals surface area (Å²) in [4.78, 5) is 25.3. The van der Waals surface area contributed by atoms with Crippen molar-refractivity contribution in [2.75, 3.05) is 37.0 Å². The topological polar surface area (TPSA) is 61.4 Å². The van der Waals surface area contributed by atoms with E-state index in [0.29, 0.717) is 6.42 Å². The van der Waals surface area contributed by atoms with E-state index in [1.165, 1.54) is 5.56 Å². The molecule has 0 unspecified atom stereocenters. The summed E-state index contributed by atoms with van der Waals surface area (Å²) >= 11 is 0. The molecule has 1 aromatic heterocycles. The molecule has 1 saturated heterocycles. The molecule has 0 radical (unpaired) electrons. The summed E-state index contributed by atoms with van der Waals surface area (Å²) in [5.74, 6) is 1.89. The number of amides is 1. The smallest absolute Gasteiger partial charge is 0.224 e. The number of nitrogens with zero attached hydrogens (tertiary/aromatic N) is 4. The summed E-state index contributed by atoms with van der Waals surface area (Å²) in [5.41, 5.74) is 2.24. The van der Waals surface area contributed by atoms with Gasteiger partial charge in [0.25, 0.3) is 0 Å². The number of aryl methyl sites for hydroxylation is 1. The Bertz CT molecular complexity index is 761. The van der Waals surface area contributed by atoms with Crippen LogP contribution in [0.5, 0.6) is 0 Å². The highest BCUT2D eigenvalue weighted by molar-refractivity contribution is 5.79. The van der Waals surface area contributed by atoms with Gasteiger partial charge in [-0.25, -0.2) is 9.97 Å². The van der Waals surface area contributed by atoms with Crippen LogP contribution in [-0.4, -0.2) is 49.1 Å².